The summed E-state index contributed by atoms with van der Waals surface area (Å²) in [4.78, 5) is 12.1. The highest BCUT2D eigenvalue weighted by molar-refractivity contribution is 5.92. The van der Waals surface area contributed by atoms with Gasteiger partial charge in [-0.3, -0.25) is 10.1 Å². The lowest BCUT2D eigenvalue weighted by Gasteiger charge is -2.18. The molecule has 5 heteroatoms. The minimum Gasteiger partial charge on any atom is -0.338 e. The Labute approximate surface area is 99.9 Å². The first kappa shape index (κ1) is 10.8. The fraction of sp³-hybridized carbons (Fsp3) is 0.667. The highest BCUT2D eigenvalue weighted by atomic mass is 16.5. The Morgan fingerprint density at radius 3 is 2.82 bits per heavy atom. The Morgan fingerprint density at radius 1 is 1.47 bits per heavy atom. The fourth-order valence-electron chi connectivity index (χ4n) is 2.85. The number of aromatic nitrogens is 1. The zero-order valence-electron chi connectivity index (χ0n) is 10.1. The van der Waals surface area contributed by atoms with Gasteiger partial charge < -0.3 is 9.84 Å². The average Bonchev–Trinajstić information content (AvgIpc) is 3.00. The van der Waals surface area contributed by atoms with Crippen molar-refractivity contribution in [2.24, 2.45) is 5.92 Å². The van der Waals surface area contributed by atoms with Crippen LogP contribution in [0.25, 0.3) is 0 Å². The number of hydrogen-bond donors (Lipinski definition) is 2. The predicted octanol–water partition coefficient (Wildman–Crippen LogP) is 1.37. The summed E-state index contributed by atoms with van der Waals surface area (Å²) in [6.45, 7) is 3.77. The van der Waals surface area contributed by atoms with Crippen LogP contribution in [0.2, 0.25) is 0 Å². The molecule has 0 saturated carbocycles. The molecule has 2 bridgehead atoms. The molecular weight excluding hydrogens is 218 g/mol. The molecule has 2 aliphatic heterocycles. The molecule has 5 nitrogen and oxygen atoms in total. The number of nitrogens with zero attached hydrogens (tertiary/aromatic N) is 1. The van der Waals surface area contributed by atoms with E-state index in [4.69, 9.17) is 4.52 Å². The Hall–Kier alpha value is -1.36. The summed E-state index contributed by atoms with van der Waals surface area (Å²) in [6.07, 6.45) is 3.26. The minimum atomic E-state index is 0.0592. The molecule has 17 heavy (non-hydrogen) atoms. The Kier molecular flexibility index (Phi) is 2.43. The van der Waals surface area contributed by atoms with Gasteiger partial charge in [-0.25, -0.2) is 0 Å². The first-order valence-electron chi connectivity index (χ1n) is 6.15. The molecule has 3 atom stereocenters. The number of fused-ring (bicyclic) bond motifs is 2. The number of hydrogen-bond acceptors (Lipinski definition) is 4. The minimum absolute atomic E-state index is 0.0592. The summed E-state index contributed by atoms with van der Waals surface area (Å²) in [5.41, 5.74) is 1.74. The zero-order valence-corrected chi connectivity index (χ0v) is 10.1. The Balaban J connectivity index is 1.70. The molecule has 0 radical (unpaired) electrons. The number of carbonyl (C=O) groups excluding carboxylic acids is 1. The highest BCUT2D eigenvalue weighted by Crippen LogP contribution is 2.34. The second kappa shape index (κ2) is 3.84. The van der Waals surface area contributed by atoms with Crippen molar-refractivity contribution in [1.82, 2.24) is 10.5 Å². The first-order valence-corrected chi connectivity index (χ1v) is 6.15. The van der Waals surface area contributed by atoms with E-state index < -0.39 is 0 Å². The van der Waals surface area contributed by atoms with E-state index in [1.54, 1.807) is 0 Å². The monoisotopic (exact) mass is 235 g/mol. The maximum atomic E-state index is 12.1. The Morgan fingerprint density at radius 2 is 2.29 bits per heavy atom. The number of rotatable bonds is 2. The van der Waals surface area contributed by atoms with E-state index >= 15 is 0 Å². The molecule has 92 valence electrons. The molecule has 0 aromatic carbocycles. The van der Waals surface area contributed by atoms with Crippen molar-refractivity contribution in [3.63, 3.8) is 0 Å². The quantitative estimate of drug-likeness (QED) is 0.812. The molecule has 2 saturated heterocycles. The summed E-state index contributed by atoms with van der Waals surface area (Å²) in [5, 5.41) is 10.1. The van der Waals surface area contributed by atoms with Gasteiger partial charge in [0.25, 0.3) is 0 Å². The maximum Gasteiger partial charge on any atom is 0.234 e. The van der Waals surface area contributed by atoms with E-state index in [0.717, 1.165) is 24.1 Å². The van der Waals surface area contributed by atoms with Gasteiger partial charge in [0, 0.05) is 17.6 Å². The van der Waals surface area contributed by atoms with Crippen LogP contribution >= 0.6 is 0 Å². The molecule has 0 spiro atoms. The van der Waals surface area contributed by atoms with Gasteiger partial charge in [-0.05, 0) is 33.1 Å². The lowest BCUT2D eigenvalue weighted by molar-refractivity contribution is -0.120. The molecule has 3 rings (SSSR count). The van der Waals surface area contributed by atoms with Crippen molar-refractivity contribution in [1.29, 1.82) is 0 Å². The van der Waals surface area contributed by atoms with E-state index in [9.17, 15) is 4.79 Å². The van der Waals surface area contributed by atoms with Crippen LogP contribution in [0, 0.1) is 19.8 Å². The molecule has 0 aliphatic carbocycles. The molecule has 2 fully saturated rings. The molecule has 3 unspecified atom stereocenters. The van der Waals surface area contributed by atoms with Crippen molar-refractivity contribution in [2.45, 2.75) is 45.2 Å². The lowest BCUT2D eigenvalue weighted by Crippen LogP contribution is -2.32. The number of aryl methyl sites for hydroxylation is 1. The summed E-state index contributed by atoms with van der Waals surface area (Å²) >= 11 is 0. The van der Waals surface area contributed by atoms with Crippen molar-refractivity contribution in [2.75, 3.05) is 5.32 Å². The molecule has 2 N–H and O–H groups in total. The van der Waals surface area contributed by atoms with Gasteiger partial charge in [-0.1, -0.05) is 5.16 Å². The van der Waals surface area contributed by atoms with Crippen LogP contribution in [-0.2, 0) is 4.79 Å². The van der Waals surface area contributed by atoms with Crippen LogP contribution in [0.3, 0.4) is 0 Å². The zero-order chi connectivity index (χ0) is 12.0. The van der Waals surface area contributed by atoms with Crippen molar-refractivity contribution in [3.8, 4) is 0 Å². The van der Waals surface area contributed by atoms with E-state index in [-0.39, 0.29) is 11.8 Å². The van der Waals surface area contributed by atoms with Crippen LogP contribution in [0.15, 0.2) is 4.52 Å². The fourth-order valence-corrected chi connectivity index (χ4v) is 2.85. The summed E-state index contributed by atoms with van der Waals surface area (Å²) in [5.74, 6) is 0.637. The molecule has 1 amide bonds. The number of anilines is 1. The topological polar surface area (TPSA) is 67.2 Å². The smallest absolute Gasteiger partial charge is 0.234 e. The third kappa shape index (κ3) is 1.74. The third-order valence-corrected chi connectivity index (χ3v) is 4.03. The highest BCUT2D eigenvalue weighted by Gasteiger charge is 2.43. The van der Waals surface area contributed by atoms with Gasteiger partial charge >= 0.3 is 0 Å². The second-order valence-corrected chi connectivity index (χ2v) is 5.10. The van der Waals surface area contributed by atoms with Gasteiger partial charge in [-0.15, -0.1) is 0 Å². The second-order valence-electron chi connectivity index (χ2n) is 5.10. The van der Waals surface area contributed by atoms with E-state index in [2.05, 4.69) is 15.8 Å². The summed E-state index contributed by atoms with van der Waals surface area (Å²) < 4.78 is 5.10. The van der Waals surface area contributed by atoms with Crippen molar-refractivity contribution >= 4 is 11.8 Å². The van der Waals surface area contributed by atoms with Gasteiger partial charge in [0.15, 0.2) is 0 Å². The van der Waals surface area contributed by atoms with Crippen molar-refractivity contribution in [3.05, 3.63) is 11.3 Å². The molecule has 2 aliphatic rings. The van der Waals surface area contributed by atoms with Gasteiger partial charge in [0.05, 0.1) is 11.6 Å². The molecule has 1 aromatic rings. The largest absolute Gasteiger partial charge is 0.338 e. The normalized spacial score (nSPS) is 30.8. The standard InChI is InChI=1S/C12H17N3O2/c1-6-7(2)15-17-12(6)14-11(16)9-5-8-3-4-10(9)13-8/h8-10,13H,3-5H2,1-2H3,(H,14,16). The van der Waals surface area contributed by atoms with Crippen LogP contribution in [0.4, 0.5) is 5.88 Å². The van der Waals surface area contributed by atoms with Gasteiger partial charge in [0.2, 0.25) is 11.8 Å². The van der Waals surface area contributed by atoms with Crippen LogP contribution in [0.5, 0.6) is 0 Å². The van der Waals surface area contributed by atoms with E-state index in [0.29, 0.717) is 18.0 Å². The average molecular weight is 235 g/mol. The molecular formula is C12H17N3O2. The third-order valence-electron chi connectivity index (χ3n) is 4.03. The molecule has 3 heterocycles. The Bertz CT molecular complexity index is 455. The van der Waals surface area contributed by atoms with Gasteiger partial charge in [-0.2, -0.15) is 0 Å². The van der Waals surface area contributed by atoms with Crippen LogP contribution in [-0.4, -0.2) is 23.1 Å². The maximum absolute atomic E-state index is 12.1. The van der Waals surface area contributed by atoms with Crippen LogP contribution < -0.4 is 10.6 Å². The number of carbonyl (C=O) groups is 1. The molecule has 1 aromatic heterocycles. The number of nitrogens with one attached hydrogen (secondary N) is 2. The summed E-state index contributed by atoms with van der Waals surface area (Å²) in [6, 6.07) is 0.887. The van der Waals surface area contributed by atoms with E-state index in [1.807, 2.05) is 13.8 Å². The summed E-state index contributed by atoms with van der Waals surface area (Å²) in [7, 11) is 0. The first-order chi connectivity index (χ1) is 8.15. The van der Waals surface area contributed by atoms with E-state index in [1.165, 1.54) is 6.42 Å². The lowest BCUT2D eigenvalue weighted by atomic mass is 9.88. The van der Waals surface area contributed by atoms with Crippen LogP contribution in [0.1, 0.15) is 30.5 Å². The van der Waals surface area contributed by atoms with Crippen molar-refractivity contribution < 1.29 is 9.32 Å². The SMILES string of the molecule is Cc1noc(NC(=O)C2CC3CCC2N3)c1C. The van der Waals surface area contributed by atoms with Gasteiger partial charge in [0.1, 0.15) is 0 Å². The predicted molar refractivity (Wildman–Crippen MR) is 62.7 cm³/mol. The number of amides is 1.